The number of pyridine rings is 1. The number of hydrogen-bond acceptors (Lipinski definition) is 4. The maximum Gasteiger partial charge on any atom is 0.258 e. The predicted molar refractivity (Wildman–Crippen MR) is 111 cm³/mol. The van der Waals surface area contributed by atoms with Crippen LogP contribution in [0, 0.1) is 0 Å². The van der Waals surface area contributed by atoms with E-state index in [-0.39, 0.29) is 11.9 Å². The van der Waals surface area contributed by atoms with Crippen LogP contribution in [0.3, 0.4) is 0 Å². The number of halogens is 1. The molecule has 7 nitrogen and oxygen atoms in total. The number of amides is 1. The van der Waals surface area contributed by atoms with Crippen LogP contribution in [0.25, 0.3) is 11.0 Å². The molecule has 0 aliphatic rings. The van der Waals surface area contributed by atoms with Gasteiger partial charge in [0.25, 0.3) is 5.91 Å². The molecule has 28 heavy (non-hydrogen) atoms. The van der Waals surface area contributed by atoms with Crippen LogP contribution in [0.5, 0.6) is 0 Å². The molecule has 0 saturated heterocycles. The molecular formula is C20H19BrN6O. The minimum atomic E-state index is -0.232. The molecule has 0 bridgehead atoms. The molecule has 0 atom stereocenters. The van der Waals surface area contributed by atoms with E-state index in [0.29, 0.717) is 17.9 Å². The van der Waals surface area contributed by atoms with Crippen LogP contribution in [-0.2, 0) is 6.54 Å². The van der Waals surface area contributed by atoms with Crippen LogP contribution in [0.2, 0.25) is 0 Å². The SMILES string of the molecule is CC(C)n1ncc2cc(C(=O)Nc3ccnn3Cc3ccc(Br)cc3)cnc21. The Bertz CT molecular complexity index is 1130. The molecule has 0 fully saturated rings. The number of fused-ring (bicyclic) bond motifs is 1. The van der Waals surface area contributed by atoms with Gasteiger partial charge in [-0.3, -0.25) is 4.79 Å². The third kappa shape index (κ3) is 3.68. The van der Waals surface area contributed by atoms with E-state index in [2.05, 4.69) is 36.4 Å². The van der Waals surface area contributed by atoms with Gasteiger partial charge in [-0.15, -0.1) is 0 Å². The Hall–Kier alpha value is -3.00. The number of benzene rings is 1. The molecule has 0 radical (unpaired) electrons. The highest BCUT2D eigenvalue weighted by Crippen LogP contribution is 2.18. The van der Waals surface area contributed by atoms with Gasteiger partial charge in [-0.05, 0) is 37.6 Å². The molecule has 4 rings (SSSR count). The standard InChI is InChI=1S/C20H19BrN6O/c1-13(2)27-19-15(11-24-27)9-16(10-22-19)20(28)25-18-7-8-23-26(18)12-14-3-5-17(21)6-4-14/h3-11,13H,12H2,1-2H3,(H,25,28). The number of carbonyl (C=O) groups excluding carboxylic acids is 1. The molecule has 3 heterocycles. The number of anilines is 1. The van der Waals surface area contributed by atoms with Gasteiger partial charge in [0.15, 0.2) is 5.65 Å². The number of rotatable bonds is 5. The van der Waals surface area contributed by atoms with E-state index in [4.69, 9.17) is 0 Å². The Morgan fingerprint density at radius 2 is 1.93 bits per heavy atom. The van der Waals surface area contributed by atoms with Crippen molar-refractivity contribution < 1.29 is 4.79 Å². The zero-order valence-electron chi connectivity index (χ0n) is 15.5. The molecule has 8 heteroatoms. The van der Waals surface area contributed by atoms with E-state index in [9.17, 15) is 4.79 Å². The van der Waals surface area contributed by atoms with Gasteiger partial charge in [0.05, 0.1) is 24.5 Å². The lowest BCUT2D eigenvalue weighted by Crippen LogP contribution is -2.16. The average molecular weight is 439 g/mol. The van der Waals surface area contributed by atoms with Crippen molar-refractivity contribution in [3.05, 3.63) is 70.6 Å². The first kappa shape index (κ1) is 18.4. The fourth-order valence-corrected chi connectivity index (χ4v) is 3.22. The molecule has 1 amide bonds. The molecular weight excluding hydrogens is 420 g/mol. The zero-order chi connectivity index (χ0) is 19.7. The van der Waals surface area contributed by atoms with E-state index in [1.165, 1.54) is 0 Å². The van der Waals surface area contributed by atoms with Gasteiger partial charge in [0, 0.05) is 28.2 Å². The second kappa shape index (κ2) is 7.55. The molecule has 0 aliphatic carbocycles. The largest absolute Gasteiger partial charge is 0.307 e. The zero-order valence-corrected chi connectivity index (χ0v) is 17.1. The van der Waals surface area contributed by atoms with E-state index >= 15 is 0 Å². The Labute approximate surface area is 170 Å². The first-order valence-electron chi connectivity index (χ1n) is 8.92. The van der Waals surface area contributed by atoms with Gasteiger partial charge >= 0.3 is 0 Å². The summed E-state index contributed by atoms with van der Waals surface area (Å²) < 4.78 is 4.61. The summed E-state index contributed by atoms with van der Waals surface area (Å²) in [7, 11) is 0. The number of nitrogens with zero attached hydrogens (tertiary/aromatic N) is 5. The summed E-state index contributed by atoms with van der Waals surface area (Å²) in [4.78, 5) is 17.1. The minimum Gasteiger partial charge on any atom is -0.307 e. The quantitative estimate of drug-likeness (QED) is 0.504. The molecule has 0 unspecified atom stereocenters. The third-order valence-electron chi connectivity index (χ3n) is 4.39. The monoisotopic (exact) mass is 438 g/mol. The van der Waals surface area contributed by atoms with Crippen molar-refractivity contribution in [1.29, 1.82) is 0 Å². The Morgan fingerprint density at radius 1 is 1.14 bits per heavy atom. The van der Waals surface area contributed by atoms with Crippen LogP contribution in [0.15, 0.2) is 59.5 Å². The van der Waals surface area contributed by atoms with Gasteiger partial charge in [-0.25, -0.2) is 14.3 Å². The molecule has 1 aromatic carbocycles. The van der Waals surface area contributed by atoms with Gasteiger partial charge in [0.1, 0.15) is 5.82 Å². The van der Waals surface area contributed by atoms with Crippen molar-refractivity contribution >= 4 is 38.7 Å². The number of nitrogens with one attached hydrogen (secondary N) is 1. The Balaban J connectivity index is 1.53. The molecule has 0 spiro atoms. The number of carbonyl (C=O) groups is 1. The fraction of sp³-hybridized carbons (Fsp3) is 0.200. The van der Waals surface area contributed by atoms with Crippen LogP contribution in [0.4, 0.5) is 5.82 Å². The normalized spacial score (nSPS) is 11.3. The van der Waals surface area contributed by atoms with E-state index < -0.39 is 0 Å². The first-order chi connectivity index (χ1) is 13.5. The summed E-state index contributed by atoms with van der Waals surface area (Å²) >= 11 is 3.43. The molecule has 0 aliphatic heterocycles. The lowest BCUT2D eigenvalue weighted by Gasteiger charge is -2.10. The second-order valence-electron chi connectivity index (χ2n) is 6.77. The first-order valence-corrected chi connectivity index (χ1v) is 9.71. The van der Waals surface area contributed by atoms with Crippen molar-refractivity contribution in [1.82, 2.24) is 24.5 Å². The molecule has 0 saturated carbocycles. The lowest BCUT2D eigenvalue weighted by molar-refractivity contribution is 0.102. The summed E-state index contributed by atoms with van der Waals surface area (Å²) in [6.45, 7) is 4.65. The van der Waals surface area contributed by atoms with Crippen LogP contribution >= 0.6 is 15.9 Å². The van der Waals surface area contributed by atoms with Gasteiger partial charge < -0.3 is 5.32 Å². The van der Waals surface area contributed by atoms with Crippen molar-refractivity contribution in [2.24, 2.45) is 0 Å². The summed E-state index contributed by atoms with van der Waals surface area (Å²) in [6, 6.07) is 11.8. The summed E-state index contributed by atoms with van der Waals surface area (Å²) in [6.07, 6.45) is 4.98. The fourth-order valence-electron chi connectivity index (χ4n) is 2.96. The summed E-state index contributed by atoms with van der Waals surface area (Å²) in [5, 5.41) is 12.4. The maximum absolute atomic E-state index is 12.7. The Morgan fingerprint density at radius 3 is 2.68 bits per heavy atom. The van der Waals surface area contributed by atoms with Crippen LogP contribution in [-0.4, -0.2) is 30.5 Å². The molecule has 4 aromatic rings. The van der Waals surface area contributed by atoms with Gasteiger partial charge in [-0.2, -0.15) is 10.2 Å². The number of aromatic nitrogens is 5. The average Bonchev–Trinajstić information content (AvgIpc) is 3.30. The predicted octanol–water partition coefficient (Wildman–Crippen LogP) is 4.27. The maximum atomic E-state index is 12.7. The van der Waals surface area contributed by atoms with Gasteiger partial charge in [-0.1, -0.05) is 28.1 Å². The van der Waals surface area contributed by atoms with Crippen LogP contribution in [0.1, 0.15) is 35.8 Å². The topological polar surface area (TPSA) is 77.6 Å². The highest BCUT2D eigenvalue weighted by molar-refractivity contribution is 9.10. The van der Waals surface area contributed by atoms with E-state index in [1.807, 2.05) is 42.8 Å². The highest BCUT2D eigenvalue weighted by Gasteiger charge is 2.14. The molecule has 3 aromatic heterocycles. The second-order valence-corrected chi connectivity index (χ2v) is 7.69. The molecule has 1 N–H and O–H groups in total. The Kier molecular flexibility index (Phi) is 4.95. The van der Waals surface area contributed by atoms with Crippen molar-refractivity contribution in [3.8, 4) is 0 Å². The molecule has 142 valence electrons. The van der Waals surface area contributed by atoms with Crippen molar-refractivity contribution in [2.75, 3.05) is 5.32 Å². The van der Waals surface area contributed by atoms with E-state index in [0.717, 1.165) is 21.1 Å². The smallest absolute Gasteiger partial charge is 0.258 e. The van der Waals surface area contributed by atoms with Gasteiger partial charge in [0.2, 0.25) is 0 Å². The number of hydrogen-bond donors (Lipinski definition) is 1. The third-order valence-corrected chi connectivity index (χ3v) is 4.92. The summed E-state index contributed by atoms with van der Waals surface area (Å²) in [5.74, 6) is 0.398. The van der Waals surface area contributed by atoms with E-state index in [1.54, 1.807) is 35.4 Å². The summed E-state index contributed by atoms with van der Waals surface area (Å²) in [5.41, 5.74) is 2.34. The lowest BCUT2D eigenvalue weighted by atomic mass is 10.2. The highest BCUT2D eigenvalue weighted by atomic mass is 79.9. The van der Waals surface area contributed by atoms with Crippen molar-refractivity contribution in [3.63, 3.8) is 0 Å². The minimum absolute atomic E-state index is 0.206. The van der Waals surface area contributed by atoms with Crippen molar-refractivity contribution in [2.45, 2.75) is 26.4 Å². The van der Waals surface area contributed by atoms with Crippen LogP contribution < -0.4 is 5.32 Å².